The summed E-state index contributed by atoms with van der Waals surface area (Å²) in [6.45, 7) is 1.62. The van der Waals surface area contributed by atoms with Crippen LogP contribution in [0.1, 0.15) is 18.4 Å². The summed E-state index contributed by atoms with van der Waals surface area (Å²) in [6.07, 6.45) is 7.15. The predicted molar refractivity (Wildman–Crippen MR) is 87.7 cm³/mol. The summed E-state index contributed by atoms with van der Waals surface area (Å²) in [5.74, 6) is 0.465. The van der Waals surface area contributed by atoms with Gasteiger partial charge in [-0.25, -0.2) is 0 Å². The molecule has 0 amide bonds. The first-order chi connectivity index (χ1) is 11.3. The van der Waals surface area contributed by atoms with E-state index in [0.29, 0.717) is 5.92 Å². The highest BCUT2D eigenvalue weighted by Crippen LogP contribution is 2.28. The monoisotopic (exact) mass is 311 g/mol. The molecule has 23 heavy (non-hydrogen) atoms. The van der Waals surface area contributed by atoms with Gasteiger partial charge < -0.3 is 10.4 Å². The van der Waals surface area contributed by atoms with Gasteiger partial charge >= 0.3 is 0 Å². The van der Waals surface area contributed by atoms with Crippen LogP contribution < -0.4 is 5.32 Å². The summed E-state index contributed by atoms with van der Waals surface area (Å²) in [6, 6.07) is 8.23. The van der Waals surface area contributed by atoms with Crippen LogP contribution in [0.3, 0.4) is 0 Å². The summed E-state index contributed by atoms with van der Waals surface area (Å²) in [7, 11) is 0. The summed E-state index contributed by atoms with van der Waals surface area (Å²) in [4.78, 5) is 0. The Morgan fingerprint density at radius 2 is 2.26 bits per heavy atom. The van der Waals surface area contributed by atoms with Crippen molar-refractivity contribution < 1.29 is 5.11 Å². The second-order valence-corrected chi connectivity index (χ2v) is 6.37. The van der Waals surface area contributed by atoms with Crippen LogP contribution >= 0.6 is 0 Å². The molecule has 2 heterocycles. The highest BCUT2D eigenvalue weighted by molar-refractivity contribution is 5.81. The zero-order valence-electron chi connectivity index (χ0n) is 12.9. The number of nitrogens with one attached hydrogen (secondary N) is 2. The second-order valence-electron chi connectivity index (χ2n) is 6.37. The zero-order valence-corrected chi connectivity index (χ0v) is 12.9. The van der Waals surface area contributed by atoms with Crippen LogP contribution in [-0.4, -0.2) is 37.2 Å². The Morgan fingerprint density at radius 3 is 3.13 bits per heavy atom. The van der Waals surface area contributed by atoms with Crippen molar-refractivity contribution in [1.82, 2.24) is 25.3 Å². The lowest BCUT2D eigenvalue weighted by Gasteiger charge is -2.16. The number of aliphatic hydroxyl groups is 1. The molecule has 0 aliphatic heterocycles. The maximum Gasteiger partial charge on any atom is 0.0696 e. The number of benzene rings is 1. The number of rotatable bonds is 5. The smallest absolute Gasteiger partial charge is 0.0696 e. The Hall–Kier alpha value is -2.18. The topological polar surface area (TPSA) is 78.8 Å². The Kier molecular flexibility index (Phi) is 3.85. The van der Waals surface area contributed by atoms with Crippen molar-refractivity contribution in [3.8, 4) is 0 Å². The van der Waals surface area contributed by atoms with E-state index in [9.17, 15) is 5.11 Å². The van der Waals surface area contributed by atoms with E-state index in [1.807, 2.05) is 35.3 Å². The molecule has 3 aromatic rings. The molecule has 3 N–H and O–H groups in total. The van der Waals surface area contributed by atoms with E-state index in [4.69, 9.17) is 0 Å². The molecule has 0 saturated heterocycles. The Bertz CT molecular complexity index is 766. The molecule has 0 radical (unpaired) electrons. The van der Waals surface area contributed by atoms with Gasteiger partial charge in [0, 0.05) is 36.9 Å². The molecule has 6 heteroatoms. The SMILES string of the molecule is O[C@@H]1CC(Cn2cccn2)C[C@H]1NCc1cccc2[nH]ncc12. The molecule has 0 bridgehead atoms. The number of hydrogen-bond donors (Lipinski definition) is 3. The molecule has 0 spiro atoms. The minimum Gasteiger partial charge on any atom is -0.391 e. The van der Waals surface area contributed by atoms with E-state index in [-0.39, 0.29) is 12.1 Å². The average Bonchev–Trinajstić information content (AvgIpc) is 3.27. The molecule has 3 atom stereocenters. The number of hydrogen-bond acceptors (Lipinski definition) is 4. The minimum atomic E-state index is -0.292. The maximum absolute atomic E-state index is 10.3. The summed E-state index contributed by atoms with van der Waals surface area (Å²) in [5.41, 5.74) is 2.26. The normalized spacial score (nSPS) is 24.5. The van der Waals surface area contributed by atoms with Crippen LogP contribution in [0.2, 0.25) is 0 Å². The summed E-state index contributed by atoms with van der Waals surface area (Å²) >= 11 is 0. The minimum absolute atomic E-state index is 0.137. The summed E-state index contributed by atoms with van der Waals surface area (Å²) in [5, 5.41) is 26.3. The molecule has 120 valence electrons. The average molecular weight is 311 g/mol. The molecule has 6 nitrogen and oxygen atoms in total. The first kappa shape index (κ1) is 14.4. The van der Waals surface area contributed by atoms with Crippen molar-refractivity contribution >= 4 is 10.9 Å². The fourth-order valence-electron chi connectivity index (χ4n) is 3.58. The quantitative estimate of drug-likeness (QED) is 0.670. The molecule has 1 fully saturated rings. The number of H-pyrrole nitrogens is 1. The third-order valence-electron chi connectivity index (χ3n) is 4.76. The van der Waals surface area contributed by atoms with Crippen LogP contribution in [0.15, 0.2) is 42.9 Å². The first-order valence-electron chi connectivity index (χ1n) is 8.09. The van der Waals surface area contributed by atoms with Gasteiger partial charge in [0.05, 0.1) is 17.8 Å². The van der Waals surface area contributed by atoms with Crippen LogP contribution in [0, 0.1) is 5.92 Å². The van der Waals surface area contributed by atoms with Crippen molar-refractivity contribution in [1.29, 1.82) is 0 Å². The lowest BCUT2D eigenvalue weighted by Crippen LogP contribution is -2.35. The van der Waals surface area contributed by atoms with Gasteiger partial charge in [-0.15, -0.1) is 0 Å². The van der Waals surface area contributed by atoms with Gasteiger partial charge in [-0.3, -0.25) is 9.78 Å². The standard InChI is InChI=1S/C17H21N5O/c23-17-8-12(11-22-6-2-5-20-22)7-16(17)18-9-13-3-1-4-15-14(13)10-19-21-15/h1-6,10,12,16-18,23H,7-9,11H2,(H,19,21)/t12?,16-,17-/m1/s1. The van der Waals surface area contributed by atoms with Gasteiger partial charge in [-0.05, 0) is 36.5 Å². The fraction of sp³-hybridized carbons (Fsp3) is 0.412. The van der Waals surface area contributed by atoms with E-state index < -0.39 is 0 Å². The number of nitrogens with zero attached hydrogens (tertiary/aromatic N) is 3. The van der Waals surface area contributed by atoms with Gasteiger partial charge in [0.2, 0.25) is 0 Å². The molecular formula is C17H21N5O. The second kappa shape index (κ2) is 6.14. The van der Waals surface area contributed by atoms with Gasteiger partial charge in [0.15, 0.2) is 0 Å². The molecule has 4 rings (SSSR count). The summed E-state index contributed by atoms with van der Waals surface area (Å²) < 4.78 is 1.95. The molecule has 1 aliphatic rings. The lowest BCUT2D eigenvalue weighted by atomic mass is 10.1. The van der Waals surface area contributed by atoms with Gasteiger partial charge in [-0.1, -0.05) is 12.1 Å². The molecule has 1 aliphatic carbocycles. The third kappa shape index (κ3) is 3.00. The van der Waals surface area contributed by atoms with Crippen molar-refractivity contribution in [2.24, 2.45) is 5.92 Å². The van der Waals surface area contributed by atoms with Crippen LogP contribution in [0.25, 0.3) is 10.9 Å². The number of fused-ring (bicyclic) bond motifs is 1. The Labute approximate surface area is 134 Å². The molecule has 1 saturated carbocycles. The highest BCUT2D eigenvalue weighted by Gasteiger charge is 2.32. The fourth-order valence-corrected chi connectivity index (χ4v) is 3.58. The third-order valence-corrected chi connectivity index (χ3v) is 4.76. The first-order valence-corrected chi connectivity index (χ1v) is 8.09. The maximum atomic E-state index is 10.3. The number of aromatic nitrogens is 4. The largest absolute Gasteiger partial charge is 0.391 e. The van der Waals surface area contributed by atoms with E-state index in [1.165, 1.54) is 5.56 Å². The Morgan fingerprint density at radius 1 is 1.30 bits per heavy atom. The number of aromatic amines is 1. The van der Waals surface area contributed by atoms with E-state index in [1.54, 1.807) is 6.20 Å². The molecule has 2 aromatic heterocycles. The van der Waals surface area contributed by atoms with Crippen molar-refractivity contribution in [3.05, 3.63) is 48.4 Å². The van der Waals surface area contributed by atoms with Crippen molar-refractivity contribution in [2.75, 3.05) is 0 Å². The number of aliphatic hydroxyl groups excluding tert-OH is 1. The molecular weight excluding hydrogens is 290 g/mol. The van der Waals surface area contributed by atoms with Crippen LogP contribution in [0.4, 0.5) is 0 Å². The van der Waals surface area contributed by atoms with Crippen LogP contribution in [-0.2, 0) is 13.1 Å². The lowest BCUT2D eigenvalue weighted by molar-refractivity contribution is 0.145. The van der Waals surface area contributed by atoms with E-state index in [0.717, 1.165) is 36.8 Å². The Balaban J connectivity index is 1.38. The molecule has 1 aromatic carbocycles. The van der Waals surface area contributed by atoms with Gasteiger partial charge in [0.1, 0.15) is 0 Å². The van der Waals surface area contributed by atoms with Crippen molar-refractivity contribution in [2.45, 2.75) is 38.1 Å². The predicted octanol–water partition coefficient (Wildman–Crippen LogP) is 1.69. The van der Waals surface area contributed by atoms with Gasteiger partial charge in [0.25, 0.3) is 0 Å². The van der Waals surface area contributed by atoms with Gasteiger partial charge in [-0.2, -0.15) is 10.2 Å². The zero-order chi connectivity index (χ0) is 15.6. The van der Waals surface area contributed by atoms with Crippen molar-refractivity contribution in [3.63, 3.8) is 0 Å². The van der Waals surface area contributed by atoms with E-state index >= 15 is 0 Å². The highest BCUT2D eigenvalue weighted by atomic mass is 16.3. The van der Waals surface area contributed by atoms with E-state index in [2.05, 4.69) is 26.7 Å². The van der Waals surface area contributed by atoms with Crippen LogP contribution in [0.5, 0.6) is 0 Å². The molecule has 1 unspecified atom stereocenters.